The molecule has 1 saturated heterocycles. The maximum Gasteiger partial charge on any atom is 0.0750 e. The molecular formula is C11H21NO2. The van der Waals surface area contributed by atoms with E-state index in [1.165, 1.54) is 0 Å². The van der Waals surface area contributed by atoms with Gasteiger partial charge in [-0.05, 0) is 32.2 Å². The second kappa shape index (κ2) is 3.47. The van der Waals surface area contributed by atoms with Crippen molar-refractivity contribution in [3.05, 3.63) is 0 Å². The van der Waals surface area contributed by atoms with E-state index in [-0.39, 0.29) is 12.0 Å². The monoisotopic (exact) mass is 199 g/mol. The van der Waals surface area contributed by atoms with Gasteiger partial charge in [0.1, 0.15) is 0 Å². The summed E-state index contributed by atoms with van der Waals surface area (Å²) in [6.07, 6.45) is 3.68. The van der Waals surface area contributed by atoms with Crippen LogP contribution in [0.3, 0.4) is 0 Å². The van der Waals surface area contributed by atoms with Crippen LogP contribution in [0.4, 0.5) is 0 Å². The van der Waals surface area contributed by atoms with Gasteiger partial charge in [0.15, 0.2) is 0 Å². The number of aliphatic hydroxyl groups excluding tert-OH is 1. The van der Waals surface area contributed by atoms with E-state index in [0.29, 0.717) is 0 Å². The maximum absolute atomic E-state index is 10.5. The van der Waals surface area contributed by atoms with E-state index in [1.54, 1.807) is 0 Å². The van der Waals surface area contributed by atoms with Crippen LogP contribution < -0.4 is 0 Å². The van der Waals surface area contributed by atoms with Crippen LogP contribution in [0.2, 0.25) is 0 Å². The lowest BCUT2D eigenvalue weighted by atomic mass is 9.77. The second-order valence-electron chi connectivity index (χ2n) is 4.90. The standard InChI is InChI=1S/C11H21NO2/c1-2-12-7-5-11(14,6-8-12)10(9-13)3-4-10/h13-14H,2-9H2,1H3. The molecule has 2 aliphatic rings. The molecule has 1 heterocycles. The minimum Gasteiger partial charge on any atom is -0.396 e. The zero-order valence-corrected chi connectivity index (χ0v) is 9.00. The summed E-state index contributed by atoms with van der Waals surface area (Å²) >= 11 is 0. The molecule has 1 aliphatic heterocycles. The predicted molar refractivity (Wildman–Crippen MR) is 55.1 cm³/mol. The molecule has 0 amide bonds. The van der Waals surface area contributed by atoms with Crippen molar-refractivity contribution in [3.8, 4) is 0 Å². The molecule has 1 saturated carbocycles. The van der Waals surface area contributed by atoms with Gasteiger partial charge in [0, 0.05) is 18.5 Å². The first-order chi connectivity index (χ1) is 6.66. The number of hydrogen-bond donors (Lipinski definition) is 2. The Morgan fingerprint density at radius 3 is 2.07 bits per heavy atom. The van der Waals surface area contributed by atoms with Gasteiger partial charge in [-0.25, -0.2) is 0 Å². The third-order valence-electron chi connectivity index (χ3n) is 4.27. The summed E-state index contributed by atoms with van der Waals surface area (Å²) < 4.78 is 0. The number of aliphatic hydroxyl groups is 2. The summed E-state index contributed by atoms with van der Waals surface area (Å²) in [4.78, 5) is 2.36. The smallest absolute Gasteiger partial charge is 0.0750 e. The molecule has 82 valence electrons. The van der Waals surface area contributed by atoms with Crippen molar-refractivity contribution in [2.24, 2.45) is 5.41 Å². The number of hydrogen-bond acceptors (Lipinski definition) is 3. The van der Waals surface area contributed by atoms with Gasteiger partial charge in [-0.15, -0.1) is 0 Å². The van der Waals surface area contributed by atoms with Crippen LogP contribution in [0.5, 0.6) is 0 Å². The largest absolute Gasteiger partial charge is 0.396 e. The first-order valence-electron chi connectivity index (χ1n) is 5.71. The number of likely N-dealkylation sites (tertiary alicyclic amines) is 1. The molecule has 0 unspecified atom stereocenters. The summed E-state index contributed by atoms with van der Waals surface area (Å²) in [5, 5.41) is 19.8. The first-order valence-corrected chi connectivity index (χ1v) is 5.71. The molecule has 1 aliphatic carbocycles. The highest BCUT2D eigenvalue weighted by Gasteiger charge is 2.58. The predicted octanol–water partition coefficient (Wildman–Crippen LogP) is 0.606. The fourth-order valence-electron chi connectivity index (χ4n) is 2.69. The van der Waals surface area contributed by atoms with Gasteiger partial charge in [-0.2, -0.15) is 0 Å². The van der Waals surface area contributed by atoms with Crippen LogP contribution in [-0.4, -0.2) is 47.0 Å². The van der Waals surface area contributed by atoms with E-state index in [1.807, 2.05) is 0 Å². The Morgan fingerprint density at radius 1 is 1.14 bits per heavy atom. The molecule has 2 fully saturated rings. The fraction of sp³-hybridized carbons (Fsp3) is 1.00. The van der Waals surface area contributed by atoms with Gasteiger partial charge in [-0.1, -0.05) is 6.92 Å². The second-order valence-corrected chi connectivity index (χ2v) is 4.90. The van der Waals surface area contributed by atoms with Gasteiger partial charge in [-0.3, -0.25) is 0 Å². The lowest BCUT2D eigenvalue weighted by molar-refractivity contribution is -0.0939. The Balaban J connectivity index is 1.98. The summed E-state index contributed by atoms with van der Waals surface area (Å²) in [6, 6.07) is 0. The lowest BCUT2D eigenvalue weighted by Crippen LogP contribution is -2.51. The molecule has 0 atom stereocenters. The molecule has 0 aromatic carbocycles. The molecule has 3 heteroatoms. The van der Waals surface area contributed by atoms with Crippen molar-refractivity contribution in [3.63, 3.8) is 0 Å². The van der Waals surface area contributed by atoms with Crippen molar-refractivity contribution < 1.29 is 10.2 Å². The van der Waals surface area contributed by atoms with Crippen molar-refractivity contribution in [2.45, 2.75) is 38.2 Å². The number of piperidine rings is 1. The first kappa shape index (κ1) is 10.4. The minimum atomic E-state index is -0.576. The van der Waals surface area contributed by atoms with Crippen LogP contribution in [-0.2, 0) is 0 Å². The normalized spacial score (nSPS) is 30.2. The van der Waals surface area contributed by atoms with E-state index >= 15 is 0 Å². The SMILES string of the molecule is CCN1CCC(O)(C2(CO)CC2)CC1. The molecule has 0 radical (unpaired) electrons. The zero-order chi connectivity index (χ0) is 10.2. The summed E-state index contributed by atoms with van der Waals surface area (Å²) in [6.45, 7) is 5.35. The molecule has 0 spiro atoms. The van der Waals surface area contributed by atoms with Crippen LogP contribution in [0, 0.1) is 5.41 Å². The molecule has 0 bridgehead atoms. The zero-order valence-electron chi connectivity index (χ0n) is 9.00. The Hall–Kier alpha value is -0.120. The van der Waals surface area contributed by atoms with E-state index in [0.717, 1.165) is 45.3 Å². The molecule has 0 aromatic heterocycles. The minimum absolute atomic E-state index is 0.132. The van der Waals surface area contributed by atoms with Crippen molar-refractivity contribution in [1.82, 2.24) is 4.90 Å². The average Bonchev–Trinajstić information content (AvgIpc) is 3.00. The van der Waals surface area contributed by atoms with Crippen LogP contribution >= 0.6 is 0 Å². The topological polar surface area (TPSA) is 43.7 Å². The Morgan fingerprint density at radius 2 is 1.71 bits per heavy atom. The van der Waals surface area contributed by atoms with Crippen LogP contribution in [0.25, 0.3) is 0 Å². The van der Waals surface area contributed by atoms with Gasteiger partial charge < -0.3 is 15.1 Å². The van der Waals surface area contributed by atoms with Gasteiger partial charge >= 0.3 is 0 Å². The number of nitrogens with zero attached hydrogens (tertiary/aromatic N) is 1. The van der Waals surface area contributed by atoms with E-state index in [4.69, 9.17) is 0 Å². The van der Waals surface area contributed by atoms with Gasteiger partial charge in [0.25, 0.3) is 0 Å². The molecule has 3 nitrogen and oxygen atoms in total. The Bertz CT molecular complexity index is 205. The summed E-state index contributed by atoms with van der Waals surface area (Å²) in [5.41, 5.74) is -0.708. The highest BCUT2D eigenvalue weighted by Crippen LogP contribution is 2.57. The quantitative estimate of drug-likeness (QED) is 0.700. The molecule has 0 aromatic rings. The van der Waals surface area contributed by atoms with Gasteiger partial charge in [0.05, 0.1) is 12.2 Å². The van der Waals surface area contributed by atoms with E-state index in [9.17, 15) is 10.2 Å². The third-order valence-corrected chi connectivity index (χ3v) is 4.27. The van der Waals surface area contributed by atoms with E-state index < -0.39 is 5.60 Å². The molecule has 14 heavy (non-hydrogen) atoms. The van der Waals surface area contributed by atoms with Crippen molar-refractivity contribution in [2.75, 3.05) is 26.2 Å². The maximum atomic E-state index is 10.5. The molecular weight excluding hydrogens is 178 g/mol. The number of rotatable bonds is 3. The van der Waals surface area contributed by atoms with E-state index in [2.05, 4.69) is 11.8 Å². The van der Waals surface area contributed by atoms with Crippen molar-refractivity contribution in [1.29, 1.82) is 0 Å². The third kappa shape index (κ3) is 1.47. The lowest BCUT2D eigenvalue weighted by Gasteiger charge is -2.42. The highest BCUT2D eigenvalue weighted by molar-refractivity contribution is 5.09. The fourth-order valence-corrected chi connectivity index (χ4v) is 2.69. The Labute approximate surface area is 85.7 Å². The Kier molecular flexibility index (Phi) is 2.58. The summed E-state index contributed by atoms with van der Waals surface area (Å²) in [5.74, 6) is 0. The van der Waals surface area contributed by atoms with Crippen LogP contribution in [0.15, 0.2) is 0 Å². The summed E-state index contributed by atoms with van der Waals surface area (Å²) in [7, 11) is 0. The van der Waals surface area contributed by atoms with Crippen molar-refractivity contribution >= 4 is 0 Å². The van der Waals surface area contributed by atoms with Crippen LogP contribution in [0.1, 0.15) is 32.6 Å². The highest BCUT2D eigenvalue weighted by atomic mass is 16.3. The molecule has 2 N–H and O–H groups in total. The average molecular weight is 199 g/mol. The molecule has 2 rings (SSSR count). The van der Waals surface area contributed by atoms with Gasteiger partial charge in [0.2, 0.25) is 0 Å².